The Morgan fingerprint density at radius 2 is 1.88 bits per heavy atom. The fourth-order valence-corrected chi connectivity index (χ4v) is 5.71. The molecule has 174 valence electrons. The van der Waals surface area contributed by atoms with Crippen molar-refractivity contribution in [2.24, 2.45) is 5.14 Å². The second-order valence-electron chi connectivity index (χ2n) is 7.78. The van der Waals surface area contributed by atoms with Gasteiger partial charge in [-0.05, 0) is 60.9 Å². The molecule has 0 radical (unpaired) electrons. The maximum atomic E-state index is 11.7. The van der Waals surface area contributed by atoms with Crippen LogP contribution >= 0.6 is 11.3 Å². The fourth-order valence-electron chi connectivity index (χ4n) is 3.97. The first-order valence-corrected chi connectivity index (χ1v) is 12.8. The van der Waals surface area contributed by atoms with Gasteiger partial charge in [-0.1, -0.05) is 6.07 Å². The number of primary sulfonamides is 1. The molecule has 5 rings (SSSR count). The molecule has 0 unspecified atom stereocenters. The predicted molar refractivity (Wildman–Crippen MR) is 132 cm³/mol. The van der Waals surface area contributed by atoms with Crippen LogP contribution in [0.5, 0.6) is 11.5 Å². The molecule has 34 heavy (non-hydrogen) atoms. The molecule has 0 saturated heterocycles. The first kappa shape index (κ1) is 22.3. The number of sulfonamides is 1. The second-order valence-corrected chi connectivity index (χ2v) is 10.5. The maximum absolute atomic E-state index is 11.7. The van der Waals surface area contributed by atoms with Crippen molar-refractivity contribution in [1.82, 2.24) is 9.97 Å². The average Bonchev–Trinajstić information content (AvgIpc) is 3.28. The van der Waals surface area contributed by atoms with Gasteiger partial charge in [0.05, 0.1) is 24.8 Å². The molecule has 4 aromatic rings. The van der Waals surface area contributed by atoms with Crippen LogP contribution < -0.4 is 19.9 Å². The Hall–Kier alpha value is -3.47. The van der Waals surface area contributed by atoms with E-state index in [0.717, 1.165) is 51.6 Å². The van der Waals surface area contributed by atoms with E-state index >= 15 is 0 Å². The number of nitrogens with two attached hydrogens (primary N) is 1. The highest BCUT2D eigenvalue weighted by Gasteiger charge is 2.23. The van der Waals surface area contributed by atoms with E-state index in [-0.39, 0.29) is 4.90 Å². The highest BCUT2D eigenvalue weighted by atomic mass is 32.2. The summed E-state index contributed by atoms with van der Waals surface area (Å²) in [6.07, 6.45) is 3.57. The van der Waals surface area contributed by atoms with E-state index in [9.17, 15) is 8.42 Å². The molecule has 0 aliphatic heterocycles. The molecule has 0 fully saturated rings. The minimum Gasteiger partial charge on any atom is -0.497 e. The van der Waals surface area contributed by atoms with Crippen molar-refractivity contribution in [3.05, 3.63) is 65.2 Å². The van der Waals surface area contributed by atoms with Gasteiger partial charge in [-0.25, -0.2) is 23.5 Å². The summed E-state index contributed by atoms with van der Waals surface area (Å²) in [4.78, 5) is 11.5. The van der Waals surface area contributed by atoms with Crippen LogP contribution in [0.3, 0.4) is 0 Å². The number of benzene rings is 2. The number of hydrogen-bond acceptors (Lipinski definition) is 8. The zero-order valence-corrected chi connectivity index (χ0v) is 20.2. The van der Waals surface area contributed by atoms with Gasteiger partial charge in [0.25, 0.3) is 0 Å². The Bertz CT molecular complexity index is 1500. The van der Waals surface area contributed by atoms with E-state index in [1.54, 1.807) is 37.7 Å². The van der Waals surface area contributed by atoms with Gasteiger partial charge in [-0.3, -0.25) is 0 Å². The van der Waals surface area contributed by atoms with E-state index in [1.807, 2.05) is 24.4 Å². The lowest BCUT2D eigenvalue weighted by Gasteiger charge is -2.16. The summed E-state index contributed by atoms with van der Waals surface area (Å²) in [6, 6.07) is 14.1. The van der Waals surface area contributed by atoms with E-state index < -0.39 is 10.0 Å². The number of aryl methyl sites for hydroxylation is 2. The Kier molecular flexibility index (Phi) is 5.72. The van der Waals surface area contributed by atoms with Crippen LogP contribution in [0.4, 0.5) is 11.6 Å². The normalized spacial score (nSPS) is 12.6. The number of thiophene rings is 1. The Morgan fingerprint density at radius 1 is 1.03 bits per heavy atom. The number of anilines is 2. The number of nitrogens with one attached hydrogen (secondary N) is 1. The van der Waals surface area contributed by atoms with Crippen molar-refractivity contribution in [2.45, 2.75) is 17.7 Å². The molecule has 0 spiro atoms. The Morgan fingerprint density at radius 3 is 2.65 bits per heavy atom. The molecule has 3 N–H and O–H groups in total. The van der Waals surface area contributed by atoms with Crippen molar-refractivity contribution in [2.75, 3.05) is 19.5 Å². The van der Waals surface area contributed by atoms with Crippen LogP contribution in [0, 0.1) is 0 Å². The minimum absolute atomic E-state index is 0.0208. The zero-order valence-electron chi connectivity index (χ0n) is 18.5. The number of hydrogen-bond donors (Lipinski definition) is 2. The van der Waals surface area contributed by atoms with Crippen molar-refractivity contribution >= 4 is 33.0 Å². The SMILES string of the molecule is COc1ccc(OC)c(-c2cc3c(s2)CCc2cnc(Nc4cccc(S(N)(=O)=O)c4)nc2-3)c1. The van der Waals surface area contributed by atoms with Crippen molar-refractivity contribution in [3.8, 4) is 33.2 Å². The molecule has 2 aromatic carbocycles. The van der Waals surface area contributed by atoms with Crippen LogP contribution in [0.2, 0.25) is 0 Å². The number of rotatable bonds is 6. The highest BCUT2D eigenvalue weighted by Crippen LogP contribution is 2.44. The third-order valence-corrected chi connectivity index (χ3v) is 7.78. The summed E-state index contributed by atoms with van der Waals surface area (Å²) in [7, 11) is -0.504. The van der Waals surface area contributed by atoms with Crippen LogP contribution in [-0.2, 0) is 22.9 Å². The molecule has 1 aliphatic rings. The summed E-state index contributed by atoms with van der Waals surface area (Å²) in [6.45, 7) is 0. The van der Waals surface area contributed by atoms with Crippen LogP contribution in [0.1, 0.15) is 10.4 Å². The van der Waals surface area contributed by atoms with E-state index in [2.05, 4.69) is 16.4 Å². The number of fused-ring (bicyclic) bond motifs is 3. The van der Waals surface area contributed by atoms with Crippen LogP contribution in [0.25, 0.3) is 21.7 Å². The summed E-state index contributed by atoms with van der Waals surface area (Å²) in [5, 5.41) is 8.34. The number of nitrogens with zero attached hydrogens (tertiary/aromatic N) is 2. The summed E-state index contributed by atoms with van der Waals surface area (Å²) in [5.74, 6) is 1.92. The molecular weight excluding hydrogens is 472 g/mol. The molecule has 2 aromatic heterocycles. The van der Waals surface area contributed by atoms with Gasteiger partial charge >= 0.3 is 0 Å². The van der Waals surface area contributed by atoms with Gasteiger partial charge in [0, 0.05) is 32.8 Å². The summed E-state index contributed by atoms with van der Waals surface area (Å²) < 4.78 is 34.3. The lowest BCUT2D eigenvalue weighted by atomic mass is 9.96. The zero-order chi connectivity index (χ0) is 23.9. The van der Waals surface area contributed by atoms with Crippen molar-refractivity contribution in [1.29, 1.82) is 0 Å². The largest absolute Gasteiger partial charge is 0.497 e. The summed E-state index contributed by atoms with van der Waals surface area (Å²) >= 11 is 1.72. The lowest BCUT2D eigenvalue weighted by Crippen LogP contribution is -2.12. The fraction of sp³-hybridized carbons (Fsp3) is 0.167. The molecule has 8 nitrogen and oxygen atoms in total. The third kappa shape index (κ3) is 4.23. The lowest BCUT2D eigenvalue weighted by molar-refractivity contribution is 0.404. The standard InChI is InChI=1S/C24H22N4O4S2/c1-31-16-7-8-20(32-2)18(11-16)22-12-19-21(33-22)9-6-14-13-26-24(28-23(14)19)27-15-4-3-5-17(10-15)34(25,29)30/h3-5,7-8,10-13H,6,9H2,1-2H3,(H2,25,29,30)(H,26,27,28). The van der Waals surface area contributed by atoms with Crippen molar-refractivity contribution < 1.29 is 17.9 Å². The minimum atomic E-state index is -3.81. The molecule has 0 saturated carbocycles. The first-order valence-electron chi connectivity index (χ1n) is 10.5. The van der Waals surface area contributed by atoms with Gasteiger partial charge in [-0.15, -0.1) is 11.3 Å². The molecule has 0 atom stereocenters. The quantitative estimate of drug-likeness (QED) is 0.409. The topological polar surface area (TPSA) is 116 Å². The van der Waals surface area contributed by atoms with Gasteiger partial charge in [0.1, 0.15) is 11.5 Å². The van der Waals surface area contributed by atoms with Gasteiger partial charge in [-0.2, -0.15) is 0 Å². The Balaban J connectivity index is 1.52. The van der Waals surface area contributed by atoms with Gasteiger partial charge in [0.2, 0.25) is 16.0 Å². The van der Waals surface area contributed by atoms with Crippen molar-refractivity contribution in [3.63, 3.8) is 0 Å². The highest BCUT2D eigenvalue weighted by molar-refractivity contribution is 7.89. The smallest absolute Gasteiger partial charge is 0.238 e. The van der Waals surface area contributed by atoms with E-state index in [0.29, 0.717) is 11.6 Å². The number of ether oxygens (including phenoxy) is 2. The molecule has 0 amide bonds. The molecular formula is C24H22N4O4S2. The molecule has 1 aliphatic carbocycles. The third-order valence-electron chi connectivity index (χ3n) is 5.64. The predicted octanol–water partition coefficient (Wildman–Crippen LogP) is 4.38. The monoisotopic (exact) mass is 494 g/mol. The first-order chi connectivity index (χ1) is 16.4. The van der Waals surface area contributed by atoms with Crippen LogP contribution in [0.15, 0.2) is 59.6 Å². The van der Waals surface area contributed by atoms with E-state index in [1.165, 1.54) is 17.0 Å². The average molecular weight is 495 g/mol. The van der Waals surface area contributed by atoms with Gasteiger partial charge in [0.15, 0.2) is 0 Å². The maximum Gasteiger partial charge on any atom is 0.238 e. The molecule has 10 heteroatoms. The van der Waals surface area contributed by atoms with Gasteiger partial charge < -0.3 is 14.8 Å². The van der Waals surface area contributed by atoms with Crippen LogP contribution in [-0.4, -0.2) is 32.6 Å². The summed E-state index contributed by atoms with van der Waals surface area (Å²) in [5.41, 5.74) is 4.50. The Labute approximate surface area is 201 Å². The second kappa shape index (κ2) is 8.71. The van der Waals surface area contributed by atoms with E-state index in [4.69, 9.17) is 19.6 Å². The molecule has 0 bridgehead atoms. The number of aromatic nitrogens is 2. The number of methoxy groups -OCH3 is 2. The molecule has 2 heterocycles.